The Balaban J connectivity index is 1.17. The fourth-order valence-corrected chi connectivity index (χ4v) is 7.64. The Bertz CT molecular complexity index is 1410. The second-order valence-electron chi connectivity index (χ2n) is 12.7. The molecule has 2 aromatic carbocycles. The molecule has 1 saturated carbocycles. The van der Waals surface area contributed by atoms with Crippen molar-refractivity contribution in [1.29, 1.82) is 0 Å². The van der Waals surface area contributed by atoms with Gasteiger partial charge in [0.1, 0.15) is 6.04 Å². The van der Waals surface area contributed by atoms with E-state index in [1.807, 2.05) is 48.3 Å². The first-order chi connectivity index (χ1) is 20.9. The number of aromatic nitrogens is 4. The first kappa shape index (κ1) is 29.8. The monoisotopic (exact) mass is 603 g/mol. The third kappa shape index (κ3) is 6.78. The molecule has 0 unspecified atom stereocenters. The molecular weight excluding hydrogens is 562 g/mol. The molecule has 0 spiro atoms. The third-order valence-electron chi connectivity index (χ3n) is 10.1. The molecule has 3 heterocycles. The SMILES string of the molecule is Cn1nnnc1CC1(C2CCCCC2)CCN(C(=O)[C@H](Cc2ccc(Cl)cc2)NC(=O)[C@H]2Cc3ccccc3CN2)CC1. The second kappa shape index (κ2) is 13.1. The summed E-state index contributed by atoms with van der Waals surface area (Å²) in [6.45, 7) is 1.98. The summed E-state index contributed by atoms with van der Waals surface area (Å²) in [5.41, 5.74) is 3.43. The van der Waals surface area contributed by atoms with Gasteiger partial charge in [-0.2, -0.15) is 0 Å². The van der Waals surface area contributed by atoms with Crippen molar-refractivity contribution in [3.8, 4) is 0 Å². The summed E-state index contributed by atoms with van der Waals surface area (Å²) in [7, 11) is 1.91. The summed E-state index contributed by atoms with van der Waals surface area (Å²) in [6.07, 6.45) is 9.98. The number of nitrogens with one attached hydrogen (secondary N) is 2. The number of nitrogens with zero attached hydrogens (tertiary/aromatic N) is 5. The van der Waals surface area contributed by atoms with Crippen LogP contribution in [-0.4, -0.2) is 62.1 Å². The molecule has 1 saturated heterocycles. The lowest BCUT2D eigenvalue weighted by Gasteiger charge is -2.48. The summed E-state index contributed by atoms with van der Waals surface area (Å²) >= 11 is 6.14. The normalized spacial score (nSPS) is 21.2. The molecule has 2 atom stereocenters. The maximum absolute atomic E-state index is 14.2. The van der Waals surface area contributed by atoms with Crippen molar-refractivity contribution in [3.05, 3.63) is 76.1 Å². The number of carbonyl (C=O) groups is 2. The van der Waals surface area contributed by atoms with E-state index in [2.05, 4.69) is 38.3 Å². The van der Waals surface area contributed by atoms with Gasteiger partial charge in [0.15, 0.2) is 5.82 Å². The van der Waals surface area contributed by atoms with Crippen LogP contribution in [0, 0.1) is 11.3 Å². The van der Waals surface area contributed by atoms with Gasteiger partial charge in [0, 0.05) is 44.5 Å². The molecule has 0 bridgehead atoms. The van der Waals surface area contributed by atoms with Gasteiger partial charge < -0.3 is 15.5 Å². The number of hydrogen-bond acceptors (Lipinski definition) is 6. The van der Waals surface area contributed by atoms with Gasteiger partial charge in [0.05, 0.1) is 6.04 Å². The molecule has 10 heteroatoms. The van der Waals surface area contributed by atoms with Gasteiger partial charge >= 0.3 is 0 Å². The Labute approximate surface area is 258 Å². The highest BCUT2D eigenvalue weighted by atomic mass is 35.5. The van der Waals surface area contributed by atoms with E-state index in [9.17, 15) is 9.59 Å². The summed E-state index contributed by atoms with van der Waals surface area (Å²) in [5, 5.41) is 19.5. The molecule has 1 aromatic heterocycles. The zero-order chi connectivity index (χ0) is 29.8. The number of rotatable bonds is 8. The zero-order valence-corrected chi connectivity index (χ0v) is 25.7. The number of hydrogen-bond donors (Lipinski definition) is 2. The Kier molecular flexibility index (Phi) is 9.09. The smallest absolute Gasteiger partial charge is 0.245 e. The van der Waals surface area contributed by atoms with Crippen molar-refractivity contribution in [2.24, 2.45) is 18.4 Å². The van der Waals surface area contributed by atoms with E-state index < -0.39 is 6.04 Å². The van der Waals surface area contributed by atoms with Crippen molar-refractivity contribution >= 4 is 23.4 Å². The molecule has 2 aliphatic heterocycles. The van der Waals surface area contributed by atoms with Crippen molar-refractivity contribution in [2.75, 3.05) is 13.1 Å². The van der Waals surface area contributed by atoms with Gasteiger partial charge in [0.2, 0.25) is 11.8 Å². The van der Waals surface area contributed by atoms with E-state index in [0.717, 1.165) is 30.7 Å². The quantitative estimate of drug-likeness (QED) is 0.403. The van der Waals surface area contributed by atoms with Crippen molar-refractivity contribution in [2.45, 2.75) is 82.8 Å². The lowest BCUT2D eigenvalue weighted by molar-refractivity contribution is -0.139. The Morgan fingerprint density at radius 1 is 1.05 bits per heavy atom. The molecule has 0 radical (unpaired) electrons. The molecule has 3 aromatic rings. The minimum atomic E-state index is -0.655. The molecule has 3 aliphatic rings. The third-order valence-corrected chi connectivity index (χ3v) is 10.4. The Morgan fingerprint density at radius 2 is 1.77 bits per heavy atom. The number of halogens is 1. The Morgan fingerprint density at radius 3 is 2.47 bits per heavy atom. The summed E-state index contributed by atoms with van der Waals surface area (Å²) < 4.78 is 1.79. The average Bonchev–Trinajstić information content (AvgIpc) is 3.45. The zero-order valence-electron chi connectivity index (χ0n) is 25.0. The first-order valence-electron chi connectivity index (χ1n) is 15.8. The topological polar surface area (TPSA) is 105 Å². The van der Waals surface area contributed by atoms with E-state index in [4.69, 9.17) is 11.6 Å². The van der Waals surface area contributed by atoms with Crippen LogP contribution in [0.5, 0.6) is 0 Å². The summed E-state index contributed by atoms with van der Waals surface area (Å²) in [4.78, 5) is 29.7. The fourth-order valence-electron chi connectivity index (χ4n) is 7.52. The van der Waals surface area contributed by atoms with Gasteiger partial charge in [-0.15, -0.1) is 5.10 Å². The van der Waals surface area contributed by atoms with Crippen LogP contribution in [0.2, 0.25) is 5.02 Å². The highest BCUT2D eigenvalue weighted by Crippen LogP contribution is 2.47. The number of aryl methyl sites for hydroxylation is 1. The lowest BCUT2D eigenvalue weighted by atomic mass is 9.62. The molecule has 2 N–H and O–H groups in total. The molecule has 2 amide bonds. The van der Waals surface area contributed by atoms with Crippen LogP contribution in [0.15, 0.2) is 48.5 Å². The van der Waals surface area contributed by atoms with Crippen molar-refractivity contribution in [3.63, 3.8) is 0 Å². The molecule has 1 aliphatic carbocycles. The molecular formula is C33H42ClN7O2. The maximum atomic E-state index is 14.2. The highest BCUT2D eigenvalue weighted by Gasteiger charge is 2.44. The van der Waals surface area contributed by atoms with Gasteiger partial charge in [0.25, 0.3) is 0 Å². The van der Waals surface area contributed by atoms with Gasteiger partial charge in [-0.1, -0.05) is 67.3 Å². The van der Waals surface area contributed by atoms with E-state index >= 15 is 0 Å². The summed E-state index contributed by atoms with van der Waals surface area (Å²) in [6, 6.07) is 14.7. The van der Waals surface area contributed by atoms with E-state index in [1.54, 1.807) is 4.68 Å². The van der Waals surface area contributed by atoms with Crippen LogP contribution in [0.25, 0.3) is 0 Å². The first-order valence-corrected chi connectivity index (χ1v) is 16.1. The number of benzene rings is 2. The number of carbonyl (C=O) groups excluding carboxylic acids is 2. The van der Waals surface area contributed by atoms with Crippen LogP contribution in [0.4, 0.5) is 0 Å². The van der Waals surface area contributed by atoms with Crippen LogP contribution in [0.3, 0.4) is 0 Å². The van der Waals surface area contributed by atoms with Crippen LogP contribution >= 0.6 is 11.6 Å². The second-order valence-corrected chi connectivity index (χ2v) is 13.2. The van der Waals surface area contributed by atoms with Crippen LogP contribution < -0.4 is 10.6 Å². The molecule has 6 rings (SSSR count). The van der Waals surface area contributed by atoms with Gasteiger partial charge in [-0.05, 0) is 82.7 Å². The molecule has 2 fully saturated rings. The van der Waals surface area contributed by atoms with Gasteiger partial charge in [-0.3, -0.25) is 9.59 Å². The van der Waals surface area contributed by atoms with E-state index in [1.165, 1.54) is 43.2 Å². The highest BCUT2D eigenvalue weighted by molar-refractivity contribution is 6.30. The van der Waals surface area contributed by atoms with Crippen LogP contribution in [-0.2, 0) is 42.4 Å². The number of likely N-dealkylation sites (tertiary alicyclic amines) is 1. The molecule has 9 nitrogen and oxygen atoms in total. The maximum Gasteiger partial charge on any atom is 0.245 e. The predicted octanol–water partition coefficient (Wildman–Crippen LogP) is 4.04. The van der Waals surface area contributed by atoms with Crippen molar-refractivity contribution < 1.29 is 9.59 Å². The average molecular weight is 604 g/mol. The van der Waals surface area contributed by atoms with E-state index in [-0.39, 0.29) is 23.3 Å². The Hall–Kier alpha value is -3.30. The number of tetrazole rings is 1. The standard InChI is InChI=1S/C33H42ClN7O2/c1-40-30(37-38-39-40)21-33(26-9-3-2-4-10-26)15-17-41(18-16-33)32(43)29(19-23-11-13-27(34)14-12-23)36-31(42)28-20-24-7-5-6-8-25(24)22-35-28/h5-8,11-14,26,28-29,35H,2-4,9-10,15-22H2,1H3,(H,36,42)/t28-,29+/m1/s1. The molecule has 228 valence electrons. The fraction of sp³-hybridized carbons (Fsp3) is 0.545. The number of amides is 2. The predicted molar refractivity (Wildman–Crippen MR) is 165 cm³/mol. The largest absolute Gasteiger partial charge is 0.343 e. The van der Waals surface area contributed by atoms with Gasteiger partial charge in [-0.25, -0.2) is 4.68 Å². The summed E-state index contributed by atoms with van der Waals surface area (Å²) in [5.74, 6) is 1.38. The number of piperidine rings is 1. The van der Waals surface area contributed by atoms with Crippen molar-refractivity contribution in [1.82, 2.24) is 35.7 Å². The minimum absolute atomic E-state index is 0.0166. The lowest BCUT2D eigenvalue weighted by Crippen LogP contribution is -2.57. The molecule has 43 heavy (non-hydrogen) atoms. The number of fused-ring (bicyclic) bond motifs is 1. The van der Waals surface area contributed by atoms with Crippen LogP contribution in [0.1, 0.15) is 67.5 Å². The van der Waals surface area contributed by atoms with E-state index in [0.29, 0.717) is 43.4 Å². The minimum Gasteiger partial charge on any atom is -0.343 e.